The topological polar surface area (TPSA) is 87.8 Å². The minimum Gasteiger partial charge on any atom is -0.370 e. The van der Waals surface area contributed by atoms with E-state index in [1.807, 2.05) is 6.92 Å². The lowest BCUT2D eigenvalue weighted by molar-refractivity contribution is -0.137. The van der Waals surface area contributed by atoms with E-state index in [0.29, 0.717) is 12.4 Å². The van der Waals surface area contributed by atoms with Crippen LogP contribution in [0.3, 0.4) is 0 Å². The van der Waals surface area contributed by atoms with Crippen molar-refractivity contribution in [3.8, 4) is 0 Å². The molecule has 6 nitrogen and oxygen atoms in total. The summed E-state index contributed by atoms with van der Waals surface area (Å²) in [5.41, 5.74) is 5.82. The third kappa shape index (κ3) is 2.15. The molecule has 3 N–H and O–H groups in total. The van der Waals surface area contributed by atoms with Gasteiger partial charge in [0, 0.05) is 0 Å². The second-order valence-corrected chi connectivity index (χ2v) is 4.18. The lowest BCUT2D eigenvalue weighted by atomic mass is 10.1. The second kappa shape index (κ2) is 4.11. The van der Waals surface area contributed by atoms with Gasteiger partial charge in [-0.25, -0.2) is 4.99 Å². The van der Waals surface area contributed by atoms with E-state index >= 15 is 0 Å². The zero-order valence-electron chi connectivity index (χ0n) is 9.27. The van der Waals surface area contributed by atoms with Crippen molar-refractivity contribution in [2.45, 2.75) is 38.3 Å². The molecule has 0 aromatic rings. The van der Waals surface area contributed by atoms with Gasteiger partial charge in [-0.05, 0) is 19.3 Å². The van der Waals surface area contributed by atoms with Crippen molar-refractivity contribution >= 4 is 17.8 Å². The number of rotatable bonds is 2. The van der Waals surface area contributed by atoms with Gasteiger partial charge < -0.3 is 10.6 Å². The van der Waals surface area contributed by atoms with Gasteiger partial charge in [0.05, 0.1) is 6.04 Å². The molecule has 2 fully saturated rings. The average Bonchev–Trinajstić information content (AvgIpc) is 3.00. The first-order valence-electron chi connectivity index (χ1n) is 5.55. The molecule has 0 spiro atoms. The van der Waals surface area contributed by atoms with Crippen molar-refractivity contribution in [1.82, 2.24) is 10.2 Å². The molecular formula is C10H16N4O2. The monoisotopic (exact) mass is 224 g/mol. The third-order valence-corrected chi connectivity index (χ3v) is 2.80. The number of amides is 2. The van der Waals surface area contributed by atoms with Gasteiger partial charge in [-0.1, -0.05) is 6.92 Å². The molecule has 6 heteroatoms. The molecule has 1 atom stereocenters. The number of imide groups is 1. The number of aliphatic imine (C=N–C) groups is 1. The molecule has 0 aromatic heterocycles. The van der Waals surface area contributed by atoms with Crippen molar-refractivity contribution in [2.75, 3.05) is 6.54 Å². The molecule has 0 radical (unpaired) electrons. The number of guanidine groups is 1. The highest BCUT2D eigenvalue weighted by molar-refractivity contribution is 6.04. The van der Waals surface area contributed by atoms with Crippen LogP contribution in [-0.4, -0.2) is 41.3 Å². The number of carbonyl (C=O) groups is 2. The van der Waals surface area contributed by atoms with E-state index in [-0.39, 0.29) is 30.4 Å². The third-order valence-electron chi connectivity index (χ3n) is 2.80. The van der Waals surface area contributed by atoms with Crippen LogP contribution in [0.25, 0.3) is 0 Å². The summed E-state index contributed by atoms with van der Waals surface area (Å²) in [4.78, 5) is 28.7. The van der Waals surface area contributed by atoms with Gasteiger partial charge in [-0.3, -0.25) is 14.9 Å². The minimum absolute atomic E-state index is 0.117. The maximum Gasteiger partial charge on any atom is 0.249 e. The molecule has 0 bridgehead atoms. The van der Waals surface area contributed by atoms with Crippen LogP contribution >= 0.6 is 0 Å². The number of nitrogens with zero attached hydrogens (tertiary/aromatic N) is 2. The quantitative estimate of drug-likeness (QED) is 0.365. The highest BCUT2D eigenvalue weighted by atomic mass is 16.2. The van der Waals surface area contributed by atoms with E-state index in [9.17, 15) is 9.59 Å². The maximum absolute atomic E-state index is 11.6. The van der Waals surface area contributed by atoms with Gasteiger partial charge >= 0.3 is 0 Å². The lowest BCUT2D eigenvalue weighted by Crippen LogP contribution is -2.61. The fraction of sp³-hybridized carbons (Fsp3) is 0.700. The van der Waals surface area contributed by atoms with E-state index < -0.39 is 0 Å². The van der Waals surface area contributed by atoms with Gasteiger partial charge in [0.15, 0.2) is 5.96 Å². The lowest BCUT2D eigenvalue weighted by Gasteiger charge is -2.34. The first-order chi connectivity index (χ1) is 7.61. The van der Waals surface area contributed by atoms with Crippen molar-refractivity contribution in [3.05, 3.63) is 0 Å². The predicted molar refractivity (Wildman–Crippen MR) is 58.6 cm³/mol. The summed E-state index contributed by atoms with van der Waals surface area (Å²) in [6.45, 7) is 2.00. The van der Waals surface area contributed by atoms with Gasteiger partial charge in [-0.2, -0.15) is 0 Å². The minimum atomic E-state index is -0.375. The Balaban J connectivity index is 2.14. The number of piperazine rings is 1. The fourth-order valence-electron chi connectivity index (χ4n) is 1.78. The Morgan fingerprint density at radius 2 is 2.25 bits per heavy atom. The van der Waals surface area contributed by atoms with E-state index in [0.717, 1.165) is 12.8 Å². The summed E-state index contributed by atoms with van der Waals surface area (Å²) in [6.07, 6.45) is 2.71. The Bertz CT molecular complexity index is 349. The molecule has 2 aliphatic rings. The fourth-order valence-corrected chi connectivity index (χ4v) is 1.78. The summed E-state index contributed by atoms with van der Waals surface area (Å²) in [6, 6.07) is -0.0854. The van der Waals surface area contributed by atoms with Crippen molar-refractivity contribution in [1.29, 1.82) is 0 Å². The number of carbonyl (C=O) groups excluding carboxylic acids is 2. The highest BCUT2D eigenvalue weighted by Crippen LogP contribution is 2.24. The predicted octanol–water partition coefficient (Wildman–Crippen LogP) is -0.799. The van der Waals surface area contributed by atoms with Crippen LogP contribution in [-0.2, 0) is 9.59 Å². The smallest absolute Gasteiger partial charge is 0.249 e. The Morgan fingerprint density at radius 1 is 1.56 bits per heavy atom. The van der Waals surface area contributed by atoms with E-state index in [1.165, 1.54) is 0 Å². The summed E-state index contributed by atoms with van der Waals surface area (Å²) < 4.78 is 0. The number of hydrogen-bond donors (Lipinski definition) is 2. The van der Waals surface area contributed by atoms with Gasteiger partial charge in [0.25, 0.3) is 0 Å². The zero-order chi connectivity index (χ0) is 11.7. The van der Waals surface area contributed by atoms with E-state index in [2.05, 4.69) is 10.3 Å². The average molecular weight is 224 g/mol. The first kappa shape index (κ1) is 10.9. The van der Waals surface area contributed by atoms with Crippen LogP contribution in [0.5, 0.6) is 0 Å². The Labute approximate surface area is 93.9 Å². The van der Waals surface area contributed by atoms with Crippen LogP contribution in [0.15, 0.2) is 4.99 Å². The number of hydrogen-bond acceptors (Lipinski definition) is 3. The van der Waals surface area contributed by atoms with Crippen LogP contribution < -0.4 is 11.1 Å². The zero-order valence-corrected chi connectivity index (χ0v) is 9.27. The Hall–Kier alpha value is -1.59. The molecule has 1 saturated carbocycles. The van der Waals surface area contributed by atoms with Crippen molar-refractivity contribution in [2.24, 2.45) is 10.7 Å². The molecule has 16 heavy (non-hydrogen) atoms. The molecule has 1 aliphatic heterocycles. The van der Waals surface area contributed by atoms with E-state index in [1.54, 1.807) is 4.90 Å². The molecule has 1 saturated heterocycles. The molecule has 1 unspecified atom stereocenters. The van der Waals surface area contributed by atoms with Crippen LogP contribution in [0.1, 0.15) is 26.2 Å². The molecule has 88 valence electrons. The van der Waals surface area contributed by atoms with Gasteiger partial charge in [0.1, 0.15) is 12.6 Å². The molecule has 1 heterocycles. The number of nitrogens with one attached hydrogen (secondary N) is 1. The molecule has 0 aromatic carbocycles. The van der Waals surface area contributed by atoms with Gasteiger partial charge in [-0.15, -0.1) is 0 Å². The standard InChI is InChI=1S/C10H16N4O2/c1-2-7-9(16)13-8(15)5-14(7)10(11)12-6-3-4-6/h6-7H,2-5H2,1H3,(H2,11,12)(H,13,15,16). The maximum atomic E-state index is 11.6. The SMILES string of the molecule is CCC1C(=O)NC(=O)CN1C(N)=NC1CC1. The Morgan fingerprint density at radius 3 is 2.81 bits per heavy atom. The number of nitrogens with two attached hydrogens (primary N) is 1. The van der Waals surface area contributed by atoms with Crippen LogP contribution in [0, 0.1) is 0 Å². The first-order valence-corrected chi connectivity index (χ1v) is 5.55. The van der Waals surface area contributed by atoms with Crippen LogP contribution in [0.4, 0.5) is 0 Å². The Kier molecular flexibility index (Phi) is 2.80. The molecule has 1 aliphatic carbocycles. The van der Waals surface area contributed by atoms with Crippen molar-refractivity contribution in [3.63, 3.8) is 0 Å². The molecule has 2 amide bonds. The summed E-state index contributed by atoms with van der Waals surface area (Å²) >= 11 is 0. The largest absolute Gasteiger partial charge is 0.370 e. The van der Waals surface area contributed by atoms with E-state index in [4.69, 9.17) is 5.73 Å². The second-order valence-electron chi connectivity index (χ2n) is 4.18. The summed E-state index contributed by atoms with van der Waals surface area (Å²) in [7, 11) is 0. The van der Waals surface area contributed by atoms with Crippen molar-refractivity contribution < 1.29 is 9.59 Å². The molecular weight excluding hydrogens is 208 g/mol. The van der Waals surface area contributed by atoms with Gasteiger partial charge in [0.2, 0.25) is 11.8 Å². The normalized spacial score (nSPS) is 26.9. The summed E-state index contributed by atoms with van der Waals surface area (Å²) in [5.74, 6) is -0.283. The highest BCUT2D eigenvalue weighted by Gasteiger charge is 2.34. The van der Waals surface area contributed by atoms with Crippen LogP contribution in [0.2, 0.25) is 0 Å². The summed E-state index contributed by atoms with van der Waals surface area (Å²) in [5, 5.41) is 2.30. The molecule has 2 rings (SSSR count).